The molecule has 5 atom stereocenters. The number of phenolic OH excluding ortho intramolecular Hbond substituents is 3. The molecule has 12 heteroatoms. The van der Waals surface area contributed by atoms with E-state index in [1.807, 2.05) is 0 Å². The highest BCUT2D eigenvalue weighted by Gasteiger charge is 2.48. The van der Waals surface area contributed by atoms with Crippen molar-refractivity contribution in [3.05, 3.63) is 88.6 Å². The molecule has 0 saturated carbocycles. The number of benzene rings is 3. The summed E-state index contributed by atoms with van der Waals surface area (Å²) in [6.07, 6.45) is -5.38. The minimum atomic E-state index is -1.74. The summed E-state index contributed by atoms with van der Waals surface area (Å²) in [5.41, 5.74) is 0.422. The fourth-order valence-corrected chi connectivity index (χ4v) is 4.41. The van der Waals surface area contributed by atoms with Gasteiger partial charge in [0.15, 0.2) is 11.5 Å². The van der Waals surface area contributed by atoms with E-state index in [1.54, 1.807) is 12.1 Å². The van der Waals surface area contributed by atoms with Crippen LogP contribution in [0.4, 0.5) is 0 Å². The number of hydrogen-bond acceptors (Lipinski definition) is 12. The third kappa shape index (κ3) is 6.06. The highest BCUT2D eigenvalue weighted by atomic mass is 16.7. The maximum absolute atomic E-state index is 12.8. The Balaban J connectivity index is 1.43. The number of carbonyl (C=O) groups excluding carboxylic acids is 1. The monoisotopic (exact) mass is 578 g/mol. The number of fused-ring (bicyclic) bond motifs is 1. The van der Waals surface area contributed by atoms with Gasteiger partial charge in [-0.2, -0.15) is 0 Å². The Morgan fingerprint density at radius 2 is 1.57 bits per heavy atom. The summed E-state index contributed by atoms with van der Waals surface area (Å²) in [6.45, 7) is -0.701. The second kappa shape index (κ2) is 11.9. The Morgan fingerprint density at radius 1 is 0.905 bits per heavy atom. The number of aromatic hydroxyl groups is 3. The number of carbonyl (C=O) groups is 1. The average Bonchev–Trinajstić information content (AvgIpc) is 2.96. The zero-order valence-corrected chi connectivity index (χ0v) is 21.7. The number of phenols is 3. The lowest BCUT2D eigenvalue weighted by atomic mass is 9.99. The fourth-order valence-electron chi connectivity index (χ4n) is 4.41. The third-order valence-electron chi connectivity index (χ3n) is 6.57. The minimum absolute atomic E-state index is 0.0160. The van der Waals surface area contributed by atoms with Crippen LogP contribution in [-0.2, 0) is 14.3 Å². The van der Waals surface area contributed by atoms with Gasteiger partial charge in [-0.1, -0.05) is 12.1 Å². The first-order valence-electron chi connectivity index (χ1n) is 12.7. The molecule has 1 saturated heterocycles. The standard InChI is InChI=1S/C30H26O12/c31-14-24-27(37)28(38)29(42-25(36)10-3-15-1-6-17(32)7-2-15)30(41-24)39-19-11-20(34)26-21(35)13-22(40-23(26)12-19)16-4-8-18(33)9-5-16/h1-13,24,27-34,37-38H,14H2/t24-,27-,28+,29-,30-/m1/s1. The Kier molecular flexibility index (Phi) is 8.13. The van der Waals surface area contributed by atoms with Crippen LogP contribution in [0, 0.1) is 0 Å². The maximum atomic E-state index is 12.8. The molecule has 2 heterocycles. The minimum Gasteiger partial charge on any atom is -0.508 e. The van der Waals surface area contributed by atoms with Gasteiger partial charge in [-0.3, -0.25) is 4.79 Å². The lowest BCUT2D eigenvalue weighted by Gasteiger charge is -2.41. The van der Waals surface area contributed by atoms with Gasteiger partial charge >= 0.3 is 5.97 Å². The molecule has 1 aromatic heterocycles. The molecule has 0 radical (unpaired) electrons. The van der Waals surface area contributed by atoms with Crippen molar-refractivity contribution in [1.82, 2.24) is 0 Å². The molecule has 42 heavy (non-hydrogen) atoms. The molecule has 5 rings (SSSR count). The lowest BCUT2D eigenvalue weighted by molar-refractivity contribution is -0.281. The fraction of sp³-hybridized carbons (Fsp3) is 0.200. The number of esters is 1. The molecule has 1 aliphatic rings. The van der Waals surface area contributed by atoms with Crippen LogP contribution in [0.1, 0.15) is 5.56 Å². The topological polar surface area (TPSA) is 196 Å². The van der Waals surface area contributed by atoms with Crippen molar-refractivity contribution in [2.45, 2.75) is 30.7 Å². The maximum Gasteiger partial charge on any atom is 0.331 e. The molecule has 4 aromatic rings. The Hall–Kier alpha value is -4.88. The predicted molar refractivity (Wildman–Crippen MR) is 147 cm³/mol. The second-order valence-corrected chi connectivity index (χ2v) is 9.49. The van der Waals surface area contributed by atoms with Crippen LogP contribution in [0.2, 0.25) is 0 Å². The van der Waals surface area contributed by atoms with Gasteiger partial charge in [0.05, 0.1) is 6.61 Å². The van der Waals surface area contributed by atoms with Crippen LogP contribution in [0.25, 0.3) is 28.4 Å². The number of aliphatic hydroxyl groups excluding tert-OH is 3. The number of rotatable bonds is 7. The van der Waals surface area contributed by atoms with Gasteiger partial charge in [-0.05, 0) is 48.0 Å². The average molecular weight is 579 g/mol. The van der Waals surface area contributed by atoms with E-state index >= 15 is 0 Å². The van der Waals surface area contributed by atoms with Crippen molar-refractivity contribution in [3.63, 3.8) is 0 Å². The Morgan fingerprint density at radius 3 is 2.24 bits per heavy atom. The van der Waals surface area contributed by atoms with E-state index in [0.717, 1.165) is 12.1 Å². The zero-order chi connectivity index (χ0) is 30.0. The van der Waals surface area contributed by atoms with Crippen LogP contribution < -0.4 is 10.2 Å². The summed E-state index contributed by atoms with van der Waals surface area (Å²) in [5, 5.41) is 60.2. The molecule has 0 amide bonds. The summed E-state index contributed by atoms with van der Waals surface area (Å²) >= 11 is 0. The first-order chi connectivity index (χ1) is 20.1. The van der Waals surface area contributed by atoms with Crippen molar-refractivity contribution < 1.29 is 54.1 Å². The summed E-state index contributed by atoms with van der Waals surface area (Å²) in [5.74, 6) is -1.33. The van der Waals surface area contributed by atoms with Crippen LogP contribution >= 0.6 is 0 Å². The Bertz CT molecular complexity index is 1660. The van der Waals surface area contributed by atoms with Crippen LogP contribution in [0.15, 0.2) is 82.0 Å². The number of hydrogen-bond donors (Lipinski definition) is 6. The molecule has 1 aliphatic heterocycles. The first-order valence-corrected chi connectivity index (χ1v) is 12.7. The molecule has 3 aromatic carbocycles. The Labute approximate surface area is 237 Å². The van der Waals surface area contributed by atoms with Crippen molar-refractivity contribution in [2.75, 3.05) is 6.61 Å². The number of aliphatic hydroxyl groups is 3. The van der Waals surface area contributed by atoms with Gasteiger partial charge in [0.2, 0.25) is 6.29 Å². The summed E-state index contributed by atoms with van der Waals surface area (Å²) < 4.78 is 22.6. The van der Waals surface area contributed by atoms with Crippen molar-refractivity contribution >= 4 is 23.0 Å². The van der Waals surface area contributed by atoms with Crippen molar-refractivity contribution in [3.8, 4) is 34.3 Å². The van der Waals surface area contributed by atoms with Crippen LogP contribution in [0.5, 0.6) is 23.0 Å². The van der Waals surface area contributed by atoms with Gasteiger partial charge < -0.3 is 49.3 Å². The molecule has 0 aliphatic carbocycles. The lowest BCUT2D eigenvalue weighted by Crippen LogP contribution is -2.61. The molecular formula is C30H26O12. The van der Waals surface area contributed by atoms with Crippen LogP contribution in [0.3, 0.4) is 0 Å². The molecule has 1 fully saturated rings. The van der Waals surface area contributed by atoms with Gasteiger partial charge in [-0.15, -0.1) is 0 Å². The van der Waals surface area contributed by atoms with Gasteiger partial charge in [0, 0.05) is 29.8 Å². The molecule has 0 bridgehead atoms. The van der Waals surface area contributed by atoms with Gasteiger partial charge in [0.1, 0.15) is 58.0 Å². The normalized spacial score (nSPS) is 22.3. The van der Waals surface area contributed by atoms with E-state index in [4.69, 9.17) is 18.6 Å². The van der Waals surface area contributed by atoms with Crippen LogP contribution in [-0.4, -0.2) is 73.9 Å². The van der Waals surface area contributed by atoms with Gasteiger partial charge in [0.25, 0.3) is 0 Å². The summed E-state index contributed by atoms with van der Waals surface area (Å²) in [4.78, 5) is 25.4. The van der Waals surface area contributed by atoms with Crippen molar-refractivity contribution in [2.24, 2.45) is 0 Å². The number of ether oxygens (including phenoxy) is 3. The molecule has 0 unspecified atom stereocenters. The van der Waals surface area contributed by atoms with E-state index in [0.29, 0.717) is 11.1 Å². The largest absolute Gasteiger partial charge is 0.508 e. The third-order valence-corrected chi connectivity index (χ3v) is 6.57. The molecule has 218 valence electrons. The smallest absolute Gasteiger partial charge is 0.331 e. The predicted octanol–water partition coefficient (Wildman–Crippen LogP) is 2.02. The first kappa shape index (κ1) is 28.6. The highest BCUT2D eigenvalue weighted by Crippen LogP contribution is 2.34. The van der Waals surface area contributed by atoms with Gasteiger partial charge in [-0.25, -0.2) is 4.79 Å². The zero-order valence-electron chi connectivity index (χ0n) is 21.7. The van der Waals surface area contributed by atoms with E-state index in [2.05, 4.69) is 0 Å². The molecule has 12 nitrogen and oxygen atoms in total. The SMILES string of the molecule is O=C(C=Cc1ccc(O)cc1)O[C@H]1[C@H](Oc2cc(O)c3c(=O)cc(-c4ccc(O)cc4)oc3c2)O[C@H](CO)[C@@H](O)[C@@H]1O. The molecular weight excluding hydrogens is 552 g/mol. The summed E-state index contributed by atoms with van der Waals surface area (Å²) in [6, 6.07) is 15.4. The highest BCUT2D eigenvalue weighted by molar-refractivity contribution is 5.87. The van der Waals surface area contributed by atoms with E-state index in [1.165, 1.54) is 54.6 Å². The van der Waals surface area contributed by atoms with E-state index in [-0.39, 0.29) is 34.0 Å². The van der Waals surface area contributed by atoms with E-state index < -0.39 is 54.5 Å². The molecule has 6 N–H and O–H groups in total. The van der Waals surface area contributed by atoms with Crippen molar-refractivity contribution in [1.29, 1.82) is 0 Å². The summed E-state index contributed by atoms with van der Waals surface area (Å²) in [7, 11) is 0. The van der Waals surface area contributed by atoms with E-state index in [9.17, 15) is 40.2 Å². The second-order valence-electron chi connectivity index (χ2n) is 9.49. The molecule has 0 spiro atoms. The quantitative estimate of drug-likeness (QED) is 0.138.